The molecule has 1 aromatic carbocycles. The Hall–Kier alpha value is -3.06. The van der Waals surface area contributed by atoms with E-state index >= 15 is 0 Å². The lowest BCUT2D eigenvalue weighted by atomic mass is 10.1. The molecule has 0 spiro atoms. The number of amides is 1. The van der Waals surface area contributed by atoms with Gasteiger partial charge in [-0.15, -0.1) is 11.3 Å². The highest BCUT2D eigenvalue weighted by Crippen LogP contribution is 2.38. The van der Waals surface area contributed by atoms with Crippen LogP contribution in [0.15, 0.2) is 41.9 Å². The number of piperazine rings is 1. The third kappa shape index (κ3) is 2.92. The standard InChI is InChI=1S/C23H24N4O2S/c1-15-22-16(6-7-24-15)17-13-19(20(29-3)14-18(17)25(22)2)26-8-10-27(11-9-26)23(28)21-5-4-12-30-21/h4-7,12-14H,8-11H2,1-3H3. The van der Waals surface area contributed by atoms with E-state index in [0.717, 1.165) is 46.1 Å². The number of hydrogen-bond acceptors (Lipinski definition) is 5. The predicted octanol–water partition coefficient (Wildman–Crippen LogP) is 4.07. The number of ether oxygens (including phenoxy) is 1. The SMILES string of the molecule is COc1cc2c(cc1N1CCN(C(=O)c3cccs3)CC1)c1ccnc(C)c1n2C. The molecule has 0 unspecified atom stereocenters. The minimum atomic E-state index is 0.129. The summed E-state index contributed by atoms with van der Waals surface area (Å²) in [6, 6.07) is 10.3. The number of aryl methyl sites for hydroxylation is 2. The molecule has 30 heavy (non-hydrogen) atoms. The van der Waals surface area contributed by atoms with Crippen LogP contribution < -0.4 is 9.64 Å². The normalized spacial score (nSPS) is 14.6. The molecule has 0 bridgehead atoms. The van der Waals surface area contributed by atoms with Gasteiger partial charge in [0.25, 0.3) is 5.91 Å². The minimum absolute atomic E-state index is 0.129. The first-order valence-electron chi connectivity index (χ1n) is 10.1. The Morgan fingerprint density at radius 1 is 1.13 bits per heavy atom. The zero-order chi connectivity index (χ0) is 20.8. The quantitative estimate of drug-likeness (QED) is 0.501. The maximum absolute atomic E-state index is 12.7. The van der Waals surface area contributed by atoms with E-state index in [1.165, 1.54) is 22.1 Å². The first-order chi connectivity index (χ1) is 14.6. The Kier molecular flexibility index (Phi) is 4.62. The van der Waals surface area contributed by atoms with E-state index in [1.54, 1.807) is 7.11 Å². The van der Waals surface area contributed by atoms with Crippen molar-refractivity contribution in [1.82, 2.24) is 14.5 Å². The number of benzene rings is 1. The van der Waals surface area contributed by atoms with Crippen molar-refractivity contribution in [3.63, 3.8) is 0 Å². The fraction of sp³-hybridized carbons (Fsp3) is 0.304. The Labute approximate surface area is 179 Å². The molecule has 6 nitrogen and oxygen atoms in total. The van der Waals surface area contributed by atoms with Gasteiger partial charge in [-0.2, -0.15) is 0 Å². The second kappa shape index (κ2) is 7.32. The molecule has 0 atom stereocenters. The average molecular weight is 421 g/mol. The van der Waals surface area contributed by atoms with Crippen molar-refractivity contribution in [2.24, 2.45) is 7.05 Å². The van der Waals surface area contributed by atoms with Crippen molar-refractivity contribution in [2.75, 3.05) is 38.2 Å². The van der Waals surface area contributed by atoms with Crippen LogP contribution >= 0.6 is 11.3 Å². The number of nitrogens with zero attached hydrogens (tertiary/aromatic N) is 4. The number of pyridine rings is 1. The lowest BCUT2D eigenvalue weighted by Crippen LogP contribution is -2.48. The second-order valence-corrected chi connectivity index (χ2v) is 8.60. The maximum Gasteiger partial charge on any atom is 0.264 e. The number of fused-ring (bicyclic) bond motifs is 3. The first-order valence-corrected chi connectivity index (χ1v) is 11.0. The minimum Gasteiger partial charge on any atom is -0.495 e. The summed E-state index contributed by atoms with van der Waals surface area (Å²) >= 11 is 1.50. The average Bonchev–Trinajstić information content (AvgIpc) is 3.40. The molecule has 0 radical (unpaired) electrons. The molecule has 1 saturated heterocycles. The van der Waals surface area contributed by atoms with Gasteiger partial charge < -0.3 is 19.1 Å². The summed E-state index contributed by atoms with van der Waals surface area (Å²) in [5.74, 6) is 0.987. The van der Waals surface area contributed by atoms with Crippen molar-refractivity contribution >= 4 is 44.7 Å². The van der Waals surface area contributed by atoms with Gasteiger partial charge in [-0.3, -0.25) is 9.78 Å². The molecule has 1 aliphatic heterocycles. The topological polar surface area (TPSA) is 50.6 Å². The van der Waals surface area contributed by atoms with Gasteiger partial charge in [0.15, 0.2) is 0 Å². The van der Waals surface area contributed by atoms with E-state index in [0.29, 0.717) is 13.1 Å². The number of methoxy groups -OCH3 is 1. The zero-order valence-electron chi connectivity index (χ0n) is 17.4. The number of aromatic nitrogens is 2. The number of carbonyl (C=O) groups is 1. The molecule has 4 aromatic rings. The van der Waals surface area contributed by atoms with Crippen LogP contribution in [0.2, 0.25) is 0 Å². The molecule has 0 aliphatic carbocycles. The fourth-order valence-corrected chi connectivity index (χ4v) is 5.18. The van der Waals surface area contributed by atoms with Crippen LogP contribution in [0.4, 0.5) is 5.69 Å². The molecule has 0 saturated carbocycles. The van der Waals surface area contributed by atoms with Crippen LogP contribution in [0.3, 0.4) is 0 Å². The molecular formula is C23H24N4O2S. The van der Waals surface area contributed by atoms with Gasteiger partial charge >= 0.3 is 0 Å². The highest BCUT2D eigenvalue weighted by atomic mass is 32.1. The smallest absolute Gasteiger partial charge is 0.264 e. The van der Waals surface area contributed by atoms with Crippen LogP contribution in [-0.4, -0.2) is 53.6 Å². The van der Waals surface area contributed by atoms with E-state index in [4.69, 9.17) is 4.74 Å². The fourth-order valence-electron chi connectivity index (χ4n) is 4.49. The largest absolute Gasteiger partial charge is 0.495 e. The molecule has 5 rings (SSSR count). The lowest BCUT2D eigenvalue weighted by molar-refractivity contribution is 0.0751. The van der Waals surface area contributed by atoms with Crippen LogP contribution in [0.5, 0.6) is 5.75 Å². The summed E-state index contributed by atoms with van der Waals surface area (Å²) in [7, 11) is 3.80. The highest BCUT2D eigenvalue weighted by Gasteiger charge is 2.25. The van der Waals surface area contributed by atoms with Crippen LogP contribution in [0.25, 0.3) is 21.8 Å². The third-order valence-corrected chi connectivity index (χ3v) is 6.89. The number of thiophene rings is 1. The Balaban J connectivity index is 1.49. The zero-order valence-corrected chi connectivity index (χ0v) is 18.2. The predicted molar refractivity (Wildman–Crippen MR) is 122 cm³/mol. The van der Waals surface area contributed by atoms with Crippen LogP contribution in [-0.2, 0) is 7.05 Å². The van der Waals surface area contributed by atoms with Crippen molar-refractivity contribution < 1.29 is 9.53 Å². The summed E-state index contributed by atoms with van der Waals surface area (Å²) in [5, 5.41) is 4.35. The van der Waals surface area contributed by atoms with Gasteiger partial charge in [-0.25, -0.2) is 0 Å². The first kappa shape index (κ1) is 18.9. The van der Waals surface area contributed by atoms with E-state index in [1.807, 2.05) is 35.5 Å². The molecule has 0 N–H and O–H groups in total. The molecule has 1 fully saturated rings. The highest BCUT2D eigenvalue weighted by molar-refractivity contribution is 7.12. The molecular weight excluding hydrogens is 396 g/mol. The molecule has 154 valence electrons. The second-order valence-electron chi connectivity index (χ2n) is 7.65. The van der Waals surface area contributed by atoms with Gasteiger partial charge in [0.2, 0.25) is 0 Å². The number of anilines is 1. The monoisotopic (exact) mass is 420 g/mol. The van der Waals surface area contributed by atoms with Gasteiger partial charge in [-0.1, -0.05) is 6.07 Å². The number of carbonyl (C=O) groups excluding carboxylic acids is 1. The van der Waals surface area contributed by atoms with Crippen molar-refractivity contribution in [3.05, 3.63) is 52.5 Å². The van der Waals surface area contributed by atoms with E-state index in [-0.39, 0.29) is 5.91 Å². The van der Waals surface area contributed by atoms with Gasteiger partial charge in [0.1, 0.15) is 5.75 Å². The third-order valence-electron chi connectivity index (χ3n) is 6.03. The van der Waals surface area contributed by atoms with E-state index in [9.17, 15) is 4.79 Å². The Bertz CT molecular complexity index is 1240. The number of hydrogen-bond donors (Lipinski definition) is 0. The summed E-state index contributed by atoms with van der Waals surface area (Å²) in [5.41, 5.74) is 4.38. The molecule has 7 heteroatoms. The van der Waals surface area contributed by atoms with Crippen molar-refractivity contribution in [1.29, 1.82) is 0 Å². The molecule has 3 aromatic heterocycles. The van der Waals surface area contributed by atoms with Crippen LogP contribution in [0.1, 0.15) is 15.4 Å². The maximum atomic E-state index is 12.7. The molecule has 1 aliphatic rings. The van der Waals surface area contributed by atoms with Crippen molar-refractivity contribution in [2.45, 2.75) is 6.92 Å². The van der Waals surface area contributed by atoms with Gasteiger partial charge in [0, 0.05) is 56.3 Å². The van der Waals surface area contributed by atoms with E-state index in [2.05, 4.69) is 39.7 Å². The van der Waals surface area contributed by atoms with Crippen LogP contribution in [0, 0.1) is 6.92 Å². The van der Waals surface area contributed by atoms with Crippen molar-refractivity contribution in [3.8, 4) is 5.75 Å². The van der Waals surface area contributed by atoms with E-state index < -0.39 is 0 Å². The number of rotatable bonds is 3. The summed E-state index contributed by atoms with van der Waals surface area (Å²) in [6.45, 7) is 5.02. The summed E-state index contributed by atoms with van der Waals surface area (Å²) < 4.78 is 7.96. The van der Waals surface area contributed by atoms with Gasteiger partial charge in [-0.05, 0) is 30.5 Å². The van der Waals surface area contributed by atoms with Gasteiger partial charge in [0.05, 0.1) is 34.4 Å². The summed E-state index contributed by atoms with van der Waals surface area (Å²) in [4.78, 5) is 22.2. The summed E-state index contributed by atoms with van der Waals surface area (Å²) in [6.07, 6.45) is 1.87. The lowest BCUT2D eigenvalue weighted by Gasteiger charge is -2.36. The Morgan fingerprint density at radius 3 is 2.63 bits per heavy atom. The molecule has 4 heterocycles. The molecule has 1 amide bonds. The Morgan fingerprint density at radius 2 is 1.93 bits per heavy atom.